The number of carbonyl (C=O) groups excluding carboxylic acids is 1. The number of hydrogen-bond acceptors (Lipinski definition) is 5. The average molecular weight is 170 g/mol. The molecular weight excluding hydrogens is 160 g/mol. The molecular formula is C6H10N4O2. The zero-order valence-electron chi connectivity index (χ0n) is 6.87. The third kappa shape index (κ3) is 2.03. The lowest BCUT2D eigenvalue weighted by atomic mass is 10.3. The van der Waals surface area contributed by atoms with Crippen molar-refractivity contribution < 1.29 is 9.21 Å². The summed E-state index contributed by atoms with van der Waals surface area (Å²) in [6, 6.07) is -0.507. The molecule has 0 saturated carbocycles. The van der Waals surface area contributed by atoms with E-state index < -0.39 is 6.04 Å². The van der Waals surface area contributed by atoms with Gasteiger partial charge in [-0.1, -0.05) is 5.10 Å². The van der Waals surface area contributed by atoms with Gasteiger partial charge in [0.25, 0.3) is 0 Å². The van der Waals surface area contributed by atoms with Crippen LogP contribution in [-0.2, 0) is 4.79 Å². The molecule has 1 rings (SSSR count). The highest BCUT2D eigenvalue weighted by Gasteiger charge is 2.10. The number of rotatable bonds is 2. The predicted octanol–water partition coefficient (Wildman–Crippen LogP) is -0.336. The maximum Gasteiger partial charge on any atom is 0.322 e. The van der Waals surface area contributed by atoms with Crippen molar-refractivity contribution in [3.05, 3.63) is 5.89 Å². The summed E-state index contributed by atoms with van der Waals surface area (Å²) in [5.74, 6) is 0.0497. The summed E-state index contributed by atoms with van der Waals surface area (Å²) >= 11 is 0. The van der Waals surface area contributed by atoms with Crippen molar-refractivity contribution in [2.45, 2.75) is 19.9 Å². The predicted molar refractivity (Wildman–Crippen MR) is 41.3 cm³/mol. The van der Waals surface area contributed by atoms with Crippen LogP contribution in [0.25, 0.3) is 0 Å². The highest BCUT2D eigenvalue weighted by molar-refractivity contribution is 5.92. The second-order valence-electron chi connectivity index (χ2n) is 2.40. The molecule has 1 amide bonds. The summed E-state index contributed by atoms with van der Waals surface area (Å²) in [4.78, 5) is 11.0. The molecule has 0 spiro atoms. The van der Waals surface area contributed by atoms with Gasteiger partial charge >= 0.3 is 6.01 Å². The van der Waals surface area contributed by atoms with Gasteiger partial charge in [-0.2, -0.15) is 0 Å². The zero-order valence-corrected chi connectivity index (χ0v) is 6.87. The Kier molecular flexibility index (Phi) is 2.39. The maximum absolute atomic E-state index is 11.0. The molecule has 1 aromatic rings. The van der Waals surface area contributed by atoms with E-state index in [4.69, 9.17) is 10.2 Å². The summed E-state index contributed by atoms with van der Waals surface area (Å²) in [5, 5.41) is 9.45. The van der Waals surface area contributed by atoms with E-state index in [2.05, 4.69) is 15.5 Å². The monoisotopic (exact) mass is 170 g/mol. The summed E-state index contributed by atoms with van der Waals surface area (Å²) in [6.07, 6.45) is 0. The van der Waals surface area contributed by atoms with Crippen LogP contribution in [0.4, 0.5) is 6.01 Å². The van der Waals surface area contributed by atoms with Crippen molar-refractivity contribution in [3.63, 3.8) is 0 Å². The first-order chi connectivity index (χ1) is 5.59. The molecule has 0 radical (unpaired) electrons. The molecule has 1 aromatic heterocycles. The molecule has 1 atom stereocenters. The average Bonchev–Trinajstić information content (AvgIpc) is 2.35. The fourth-order valence-corrected chi connectivity index (χ4v) is 0.566. The smallest absolute Gasteiger partial charge is 0.322 e. The largest absolute Gasteiger partial charge is 0.408 e. The molecule has 3 N–H and O–H groups in total. The first-order valence-corrected chi connectivity index (χ1v) is 3.46. The van der Waals surface area contributed by atoms with Crippen molar-refractivity contribution >= 4 is 11.9 Å². The number of carbonyl (C=O) groups is 1. The topological polar surface area (TPSA) is 94.0 Å². The highest BCUT2D eigenvalue weighted by atomic mass is 16.4. The van der Waals surface area contributed by atoms with Gasteiger partial charge in [0, 0.05) is 6.92 Å². The number of anilines is 1. The molecule has 0 bridgehead atoms. The fourth-order valence-electron chi connectivity index (χ4n) is 0.566. The van der Waals surface area contributed by atoms with Gasteiger partial charge in [-0.15, -0.1) is 5.10 Å². The number of aromatic nitrogens is 2. The molecule has 0 unspecified atom stereocenters. The van der Waals surface area contributed by atoms with Gasteiger partial charge in [-0.3, -0.25) is 10.1 Å². The highest BCUT2D eigenvalue weighted by Crippen LogP contribution is 2.03. The third-order valence-corrected chi connectivity index (χ3v) is 1.17. The normalized spacial score (nSPS) is 12.6. The Morgan fingerprint density at radius 1 is 1.67 bits per heavy atom. The third-order valence-electron chi connectivity index (χ3n) is 1.17. The maximum atomic E-state index is 11.0. The van der Waals surface area contributed by atoms with Crippen molar-refractivity contribution in [3.8, 4) is 0 Å². The van der Waals surface area contributed by atoms with Crippen LogP contribution >= 0.6 is 0 Å². The quantitative estimate of drug-likeness (QED) is 0.633. The van der Waals surface area contributed by atoms with Gasteiger partial charge < -0.3 is 10.2 Å². The lowest BCUT2D eigenvalue weighted by Gasteiger charge is -2.01. The minimum Gasteiger partial charge on any atom is -0.408 e. The molecule has 0 aliphatic rings. The van der Waals surface area contributed by atoms with Crippen molar-refractivity contribution in [1.82, 2.24) is 10.2 Å². The first kappa shape index (κ1) is 8.66. The van der Waals surface area contributed by atoms with Crippen molar-refractivity contribution in [1.29, 1.82) is 0 Å². The number of aryl methyl sites for hydroxylation is 1. The van der Waals surface area contributed by atoms with Gasteiger partial charge in [0.1, 0.15) is 0 Å². The van der Waals surface area contributed by atoms with Crippen LogP contribution in [0.5, 0.6) is 0 Å². The molecule has 1 heterocycles. The molecule has 0 fully saturated rings. The molecule has 12 heavy (non-hydrogen) atoms. The molecule has 0 aliphatic heterocycles. The number of nitrogens with zero attached hydrogens (tertiary/aromatic N) is 2. The van der Waals surface area contributed by atoms with Gasteiger partial charge in [0.15, 0.2) is 0 Å². The standard InChI is InChI=1S/C6H10N4O2/c1-3(7)5(11)8-6-10-9-4(2)12-6/h3H,7H2,1-2H3,(H,8,10,11)/t3-/m0/s1. The van der Waals surface area contributed by atoms with Crippen LogP contribution in [0, 0.1) is 6.92 Å². The Morgan fingerprint density at radius 2 is 2.33 bits per heavy atom. The van der Waals surface area contributed by atoms with Gasteiger partial charge in [0.2, 0.25) is 11.8 Å². The minimum atomic E-state index is -0.586. The van der Waals surface area contributed by atoms with Crippen molar-refractivity contribution in [2.24, 2.45) is 5.73 Å². The summed E-state index contributed by atoms with van der Waals surface area (Å²) in [6.45, 7) is 3.20. The van der Waals surface area contributed by atoms with Crippen LogP contribution < -0.4 is 11.1 Å². The van der Waals surface area contributed by atoms with Gasteiger partial charge in [0.05, 0.1) is 6.04 Å². The first-order valence-electron chi connectivity index (χ1n) is 3.46. The van der Waals surface area contributed by atoms with Crippen LogP contribution in [0.15, 0.2) is 4.42 Å². The van der Waals surface area contributed by atoms with Crippen LogP contribution in [0.1, 0.15) is 12.8 Å². The molecule has 6 nitrogen and oxygen atoms in total. The van der Waals surface area contributed by atoms with E-state index in [0.717, 1.165) is 0 Å². The Bertz CT molecular complexity index is 281. The molecule has 66 valence electrons. The number of amides is 1. The number of nitrogens with one attached hydrogen (secondary N) is 1. The van der Waals surface area contributed by atoms with Crippen LogP contribution in [-0.4, -0.2) is 22.1 Å². The van der Waals surface area contributed by atoms with E-state index in [1.807, 2.05) is 0 Å². The van der Waals surface area contributed by atoms with Crippen molar-refractivity contribution in [2.75, 3.05) is 5.32 Å². The number of hydrogen-bond donors (Lipinski definition) is 2. The van der Waals surface area contributed by atoms with E-state index in [-0.39, 0.29) is 11.9 Å². The Morgan fingerprint density at radius 3 is 2.75 bits per heavy atom. The lowest BCUT2D eigenvalue weighted by molar-refractivity contribution is -0.117. The summed E-state index contributed by atoms with van der Waals surface area (Å²) in [7, 11) is 0. The van der Waals surface area contributed by atoms with Crippen LogP contribution in [0.3, 0.4) is 0 Å². The summed E-state index contributed by atoms with van der Waals surface area (Å²) in [5.41, 5.74) is 5.29. The van der Waals surface area contributed by atoms with E-state index in [0.29, 0.717) is 5.89 Å². The molecule has 6 heteroatoms. The molecule has 0 saturated heterocycles. The van der Waals surface area contributed by atoms with E-state index in [1.165, 1.54) is 0 Å². The Balaban J connectivity index is 2.58. The molecule has 0 aromatic carbocycles. The SMILES string of the molecule is Cc1nnc(NC(=O)[C@H](C)N)o1. The Labute approximate surface area is 69.1 Å². The lowest BCUT2D eigenvalue weighted by Crippen LogP contribution is -2.32. The van der Waals surface area contributed by atoms with E-state index in [9.17, 15) is 4.79 Å². The van der Waals surface area contributed by atoms with E-state index >= 15 is 0 Å². The Hall–Kier alpha value is -1.43. The summed E-state index contributed by atoms with van der Waals surface area (Å²) < 4.78 is 4.89. The van der Waals surface area contributed by atoms with Crippen LogP contribution in [0.2, 0.25) is 0 Å². The van der Waals surface area contributed by atoms with E-state index in [1.54, 1.807) is 13.8 Å². The second-order valence-corrected chi connectivity index (χ2v) is 2.40. The zero-order chi connectivity index (χ0) is 9.14. The number of nitrogens with two attached hydrogens (primary N) is 1. The van der Waals surface area contributed by atoms with Gasteiger partial charge in [-0.05, 0) is 6.92 Å². The minimum absolute atomic E-state index is 0.0785. The fraction of sp³-hybridized carbons (Fsp3) is 0.500. The second kappa shape index (κ2) is 3.31. The molecule has 0 aliphatic carbocycles. The van der Waals surface area contributed by atoms with Gasteiger partial charge in [-0.25, -0.2) is 0 Å².